The third kappa shape index (κ3) is 7.10. The van der Waals surface area contributed by atoms with E-state index in [1.807, 2.05) is 19.9 Å². The van der Waals surface area contributed by atoms with E-state index in [9.17, 15) is 14.0 Å². The molecule has 0 unspecified atom stereocenters. The Labute approximate surface area is 233 Å². The number of carbonyl (C=O) groups excluding carboxylic acids is 2. The maximum atomic E-state index is 13.6. The van der Waals surface area contributed by atoms with Gasteiger partial charge in [0.2, 0.25) is 0 Å². The number of benzene rings is 2. The monoisotopic (exact) mass is 551 g/mol. The Morgan fingerprint density at radius 1 is 1.00 bits per heavy atom. The first-order valence-electron chi connectivity index (χ1n) is 13.7. The summed E-state index contributed by atoms with van der Waals surface area (Å²) >= 11 is 0. The molecule has 210 valence electrons. The quantitative estimate of drug-likeness (QED) is 0.300. The van der Waals surface area contributed by atoms with Crippen molar-refractivity contribution >= 4 is 29.4 Å². The molecule has 0 fully saturated rings. The van der Waals surface area contributed by atoms with Gasteiger partial charge in [-0.05, 0) is 6.42 Å². The van der Waals surface area contributed by atoms with Crippen molar-refractivity contribution in [2.75, 3.05) is 44.6 Å². The number of hydrogen-bond donors (Lipinski definition) is 1. The molecule has 7 heteroatoms. The van der Waals surface area contributed by atoms with E-state index in [1.165, 1.54) is 17.4 Å². The van der Waals surface area contributed by atoms with Crippen LogP contribution >= 0.6 is 6.60 Å². The van der Waals surface area contributed by atoms with Gasteiger partial charge in [-0.15, -0.1) is 0 Å². The van der Waals surface area contributed by atoms with E-state index in [0.717, 1.165) is 46.3 Å². The van der Waals surface area contributed by atoms with Crippen LogP contribution < -0.4 is 15.5 Å². The van der Waals surface area contributed by atoms with Gasteiger partial charge >= 0.3 is 209 Å². The van der Waals surface area contributed by atoms with Gasteiger partial charge in [-0.3, -0.25) is 4.79 Å². The van der Waals surface area contributed by atoms with Crippen molar-refractivity contribution < 1.29 is 14.0 Å². The molecule has 0 spiro atoms. The number of hydrogen-bond acceptors (Lipinski definition) is 3. The summed E-state index contributed by atoms with van der Waals surface area (Å²) in [4.78, 5) is 32.1. The Morgan fingerprint density at radius 3 is 2.28 bits per heavy atom. The number of nitrogens with zero attached hydrogens (tertiary/aromatic N) is 2. The summed E-state index contributed by atoms with van der Waals surface area (Å²) in [6.45, 7) is 13.6. The number of nitrogens with one attached hydrogen (secondary N) is 1. The summed E-state index contributed by atoms with van der Waals surface area (Å²) in [5.74, 6) is -0.429. The average molecular weight is 552 g/mol. The van der Waals surface area contributed by atoms with Crippen LogP contribution in [0, 0.1) is 19.7 Å². The fourth-order valence-corrected chi connectivity index (χ4v) is 7.05. The van der Waals surface area contributed by atoms with Gasteiger partial charge in [-0.25, -0.2) is 0 Å². The molecule has 2 amide bonds. The van der Waals surface area contributed by atoms with Crippen LogP contribution in [0.25, 0.3) is 11.3 Å². The van der Waals surface area contributed by atoms with E-state index in [-0.39, 0.29) is 17.6 Å². The maximum absolute atomic E-state index is 13.6. The number of pyridine rings is 1. The molecule has 0 radical (unpaired) electrons. The second kappa shape index (κ2) is 12.0. The van der Waals surface area contributed by atoms with Gasteiger partial charge in [-0.2, -0.15) is 0 Å². The van der Waals surface area contributed by atoms with Crippen molar-refractivity contribution in [3.8, 4) is 11.3 Å². The number of amides is 2. The Kier molecular flexibility index (Phi) is 9.33. The molecule has 1 heterocycles. The number of carbonyl (C=O) groups is 2. The molecule has 5 nitrogen and oxygen atoms in total. The predicted octanol–water partition coefficient (Wildman–Crippen LogP) is 6.33. The number of aryl methyl sites for hydroxylation is 1. The molecule has 3 rings (SSSR count). The van der Waals surface area contributed by atoms with Crippen molar-refractivity contribution in [3.05, 3.63) is 76.7 Å². The van der Waals surface area contributed by atoms with Crippen LogP contribution in [0.1, 0.15) is 53.9 Å². The molecule has 0 aliphatic heterocycles. The second-order valence-electron chi connectivity index (χ2n) is 11.8. The Hall–Kier alpha value is -3.11. The summed E-state index contributed by atoms with van der Waals surface area (Å²) in [5.41, 5.74) is 5.99. The zero-order valence-corrected chi connectivity index (χ0v) is 25.6. The molecule has 0 aliphatic rings. The summed E-state index contributed by atoms with van der Waals surface area (Å²) in [7, 11) is 1.75. The second-order valence-corrected chi connectivity index (χ2v) is 19.1. The summed E-state index contributed by atoms with van der Waals surface area (Å²) < 4.78 is 13.6. The van der Waals surface area contributed by atoms with Crippen molar-refractivity contribution in [3.63, 3.8) is 0 Å². The molecule has 2 aromatic carbocycles. The van der Waals surface area contributed by atoms with E-state index < -0.39 is 6.60 Å². The SMILES string of the molecule is CCCC(=O)N(C)c1cc(C(=O)NCCc2cc(P(C)(C)(C)CC)c(C)c(-c3ccc(F)cc3)n2)ccc1C. The molecule has 39 heavy (non-hydrogen) atoms. The normalized spacial score (nSPS) is 12.5. The van der Waals surface area contributed by atoms with Gasteiger partial charge in [0.1, 0.15) is 0 Å². The first-order chi connectivity index (χ1) is 18.3. The third-order valence-corrected chi connectivity index (χ3v) is 12.2. The van der Waals surface area contributed by atoms with Crippen LogP contribution in [0.5, 0.6) is 0 Å². The van der Waals surface area contributed by atoms with Gasteiger partial charge in [0.25, 0.3) is 0 Å². The first kappa shape index (κ1) is 30.4. The Balaban J connectivity index is 1.85. The Morgan fingerprint density at radius 2 is 1.67 bits per heavy atom. The van der Waals surface area contributed by atoms with Gasteiger partial charge in [0.15, 0.2) is 0 Å². The van der Waals surface area contributed by atoms with E-state index >= 15 is 0 Å². The number of aromatic nitrogens is 1. The summed E-state index contributed by atoms with van der Waals surface area (Å²) in [6, 6.07) is 14.1. The van der Waals surface area contributed by atoms with Crippen molar-refractivity contribution in [2.45, 2.75) is 47.0 Å². The molecule has 1 aromatic heterocycles. The van der Waals surface area contributed by atoms with Crippen molar-refractivity contribution in [2.24, 2.45) is 0 Å². The number of anilines is 1. The van der Waals surface area contributed by atoms with Crippen LogP contribution in [-0.2, 0) is 11.2 Å². The average Bonchev–Trinajstić information content (AvgIpc) is 2.89. The van der Waals surface area contributed by atoms with Crippen LogP contribution in [-0.4, -0.2) is 56.5 Å². The fourth-order valence-electron chi connectivity index (χ4n) is 4.73. The predicted molar refractivity (Wildman–Crippen MR) is 165 cm³/mol. The van der Waals surface area contributed by atoms with Crippen molar-refractivity contribution in [1.29, 1.82) is 0 Å². The molecular formula is C32H43FN3O2P. The molecule has 0 aliphatic carbocycles. The van der Waals surface area contributed by atoms with Crippen LogP contribution in [0.2, 0.25) is 0 Å². The molecule has 0 saturated carbocycles. The first-order valence-corrected chi connectivity index (χ1v) is 17.4. The zero-order valence-electron chi connectivity index (χ0n) is 24.7. The number of rotatable bonds is 10. The van der Waals surface area contributed by atoms with Gasteiger partial charge in [0, 0.05) is 6.42 Å². The van der Waals surface area contributed by atoms with E-state index in [1.54, 1.807) is 36.2 Å². The van der Waals surface area contributed by atoms with Gasteiger partial charge in [-0.1, -0.05) is 6.92 Å². The standard InChI is InChI=1S/C32H43FN3O2P/c1-9-11-30(37)36(5)28-20-25(13-12-22(28)3)32(38)34-19-18-27-21-29(39(6,7,8)10-2)23(4)31(35-27)24-14-16-26(33)17-15-24/h12-17,20-21H,9-11,18-19H2,1-8H3,(H,34,38). The minimum atomic E-state index is -2.18. The zero-order chi connectivity index (χ0) is 29.0. The van der Waals surface area contributed by atoms with E-state index in [2.05, 4.69) is 45.2 Å². The van der Waals surface area contributed by atoms with Gasteiger partial charge in [0.05, 0.1) is 0 Å². The molecule has 3 aromatic rings. The molecule has 0 bridgehead atoms. The minimum absolute atomic E-state index is 0.0309. The molecule has 1 N–H and O–H groups in total. The fraction of sp³-hybridized carbons (Fsp3) is 0.406. The Bertz CT molecular complexity index is 1360. The topological polar surface area (TPSA) is 62.3 Å². The van der Waals surface area contributed by atoms with E-state index in [4.69, 9.17) is 4.98 Å². The summed E-state index contributed by atoms with van der Waals surface area (Å²) in [6.07, 6.45) is 2.86. The summed E-state index contributed by atoms with van der Waals surface area (Å²) in [5, 5.41) is 4.35. The van der Waals surface area contributed by atoms with Crippen LogP contribution in [0.4, 0.5) is 10.1 Å². The number of halogens is 1. The van der Waals surface area contributed by atoms with Crippen LogP contribution in [0.15, 0.2) is 48.5 Å². The van der Waals surface area contributed by atoms with Crippen LogP contribution in [0.3, 0.4) is 0 Å². The third-order valence-electron chi connectivity index (χ3n) is 7.75. The molecular weight excluding hydrogens is 508 g/mol. The molecule has 0 atom stereocenters. The van der Waals surface area contributed by atoms with Gasteiger partial charge < -0.3 is 0 Å². The van der Waals surface area contributed by atoms with Crippen molar-refractivity contribution in [1.82, 2.24) is 10.3 Å². The molecule has 0 saturated heterocycles. The van der Waals surface area contributed by atoms with E-state index in [0.29, 0.717) is 24.9 Å².